The van der Waals surface area contributed by atoms with E-state index in [0.717, 1.165) is 0 Å². The summed E-state index contributed by atoms with van der Waals surface area (Å²) in [4.78, 5) is 0. The molecule has 1 saturated heterocycles. The smallest absolute Gasteiger partial charge is 0.391 e. The molecule has 0 spiro atoms. The van der Waals surface area contributed by atoms with Crippen molar-refractivity contribution in [1.82, 2.24) is 0 Å². The van der Waals surface area contributed by atoms with Gasteiger partial charge < -0.3 is 5.11 Å². The fraction of sp³-hybridized carbons (Fsp3) is 1.00. The van der Waals surface area contributed by atoms with Gasteiger partial charge in [0.2, 0.25) is 0 Å². The van der Waals surface area contributed by atoms with Crippen LogP contribution in [0.3, 0.4) is 0 Å². The van der Waals surface area contributed by atoms with Crippen LogP contribution in [0.15, 0.2) is 0 Å². The molecule has 6 nitrogen and oxygen atoms in total. The first kappa shape index (κ1) is 12.3. The van der Waals surface area contributed by atoms with Crippen molar-refractivity contribution in [2.24, 2.45) is 0 Å². The van der Waals surface area contributed by atoms with Gasteiger partial charge in [0.25, 0.3) is 6.29 Å². The molecular weight excluding hydrogens is 222 g/mol. The summed E-state index contributed by atoms with van der Waals surface area (Å²) >= 11 is 0. The summed E-state index contributed by atoms with van der Waals surface area (Å²) in [6.45, 7) is -0.495. The third-order valence-corrected chi connectivity index (χ3v) is 2.57. The van der Waals surface area contributed by atoms with E-state index in [1.54, 1.807) is 0 Å². The van der Waals surface area contributed by atoms with Crippen molar-refractivity contribution < 1.29 is 27.6 Å². The first-order valence-corrected chi connectivity index (χ1v) is 4.48. The number of rotatable bonds is 1. The molecule has 1 aliphatic rings. The quantitative estimate of drug-likeness (QED) is 0.511. The number of hydrogen-bond acceptors (Lipinski definition) is 6. The number of aliphatic hydroxyl groups is 1. The van der Waals surface area contributed by atoms with Crippen LogP contribution in [-0.4, -0.2) is 55.7 Å². The first-order chi connectivity index (χ1) is 4.72. The van der Waals surface area contributed by atoms with E-state index in [4.69, 9.17) is 5.11 Å². The van der Waals surface area contributed by atoms with Crippen LogP contribution in [0.25, 0.3) is 0 Å². The molecular formula is C2H4CaO6P2+2. The van der Waals surface area contributed by atoms with Crippen molar-refractivity contribution in [3.63, 3.8) is 0 Å². The summed E-state index contributed by atoms with van der Waals surface area (Å²) < 4.78 is 33.5. The summed E-state index contributed by atoms with van der Waals surface area (Å²) in [5.74, 6) is 0. The van der Waals surface area contributed by atoms with Gasteiger partial charge in [0, 0.05) is 46.9 Å². The second-order valence-corrected chi connectivity index (χ2v) is 3.32. The predicted molar refractivity (Wildman–Crippen MR) is 35.1 cm³/mol. The molecule has 0 aliphatic carbocycles. The van der Waals surface area contributed by atoms with Gasteiger partial charge in [0.1, 0.15) is 6.61 Å². The Balaban J connectivity index is 0.000001000. The van der Waals surface area contributed by atoms with Gasteiger partial charge in [0.15, 0.2) is 4.31 Å². The van der Waals surface area contributed by atoms with Gasteiger partial charge in [-0.25, -0.2) is 0 Å². The minimum Gasteiger partial charge on any atom is -0.391 e. The molecule has 1 fully saturated rings. The maximum atomic E-state index is 10.4. The third kappa shape index (κ3) is 4.17. The second-order valence-electron chi connectivity index (χ2n) is 1.35. The van der Waals surface area contributed by atoms with Gasteiger partial charge in [-0.3, -0.25) is 0 Å². The maximum Gasteiger partial charge on any atom is 0.750 e. The summed E-state index contributed by atoms with van der Waals surface area (Å²) in [5.41, 5.74) is 0. The Morgan fingerprint density at radius 2 is 1.73 bits per heavy atom. The van der Waals surface area contributed by atoms with Crippen LogP contribution in [0, 0.1) is 0 Å². The molecule has 2 unspecified atom stereocenters. The van der Waals surface area contributed by atoms with Crippen LogP contribution in [-0.2, 0) is 22.5 Å². The van der Waals surface area contributed by atoms with Gasteiger partial charge in [0.05, 0.1) is 0 Å². The molecule has 9 heteroatoms. The van der Waals surface area contributed by atoms with Crippen molar-refractivity contribution in [3.05, 3.63) is 0 Å². The molecule has 0 amide bonds. The Hall–Kier alpha value is 1.30. The standard InChI is InChI=1S/C2H4O6P2.Ca/c3-1-2-6-9(4)8-10(5)7-2;/h2-3H,1H2;/q+2;. The molecule has 1 aliphatic heterocycles. The SMILES string of the molecule is O=[P+]1OC(CO)O[P+](=O)O1.[Ca]. The van der Waals surface area contributed by atoms with Gasteiger partial charge in [-0.2, -0.15) is 0 Å². The van der Waals surface area contributed by atoms with E-state index in [-0.39, 0.29) is 37.7 Å². The Kier molecular flexibility index (Phi) is 6.55. The molecule has 0 aromatic carbocycles. The van der Waals surface area contributed by atoms with Crippen LogP contribution in [0.5, 0.6) is 0 Å². The zero-order valence-electron chi connectivity index (χ0n) is 5.37. The molecule has 1 rings (SSSR count). The fourth-order valence-electron chi connectivity index (χ4n) is 0.371. The van der Waals surface area contributed by atoms with Crippen molar-refractivity contribution in [2.75, 3.05) is 6.61 Å². The first-order valence-electron chi connectivity index (χ1n) is 2.29. The van der Waals surface area contributed by atoms with E-state index >= 15 is 0 Å². The molecule has 0 aromatic rings. The Morgan fingerprint density at radius 1 is 1.27 bits per heavy atom. The average molecular weight is 226 g/mol. The van der Waals surface area contributed by atoms with Gasteiger partial charge >= 0.3 is 16.5 Å². The third-order valence-electron chi connectivity index (χ3n) is 0.690. The Bertz CT molecular complexity index is 156. The molecule has 11 heavy (non-hydrogen) atoms. The summed E-state index contributed by atoms with van der Waals surface area (Å²) in [6, 6.07) is 0. The van der Waals surface area contributed by atoms with Crippen LogP contribution in [0.4, 0.5) is 0 Å². The Morgan fingerprint density at radius 3 is 2.09 bits per heavy atom. The van der Waals surface area contributed by atoms with Crippen molar-refractivity contribution >= 4 is 54.2 Å². The zero-order chi connectivity index (χ0) is 7.56. The average Bonchev–Trinajstić information content (AvgIpc) is 1.85. The van der Waals surface area contributed by atoms with Crippen molar-refractivity contribution in [1.29, 1.82) is 0 Å². The van der Waals surface area contributed by atoms with Crippen LogP contribution < -0.4 is 0 Å². The van der Waals surface area contributed by atoms with Crippen LogP contribution in [0.2, 0.25) is 0 Å². The van der Waals surface area contributed by atoms with Gasteiger partial charge in [-0.15, -0.1) is 0 Å². The number of aliphatic hydroxyl groups excluding tert-OH is 1. The van der Waals surface area contributed by atoms with Crippen molar-refractivity contribution in [2.45, 2.75) is 6.29 Å². The maximum absolute atomic E-state index is 10.4. The molecule has 1 heterocycles. The summed E-state index contributed by atoms with van der Waals surface area (Å²) in [5, 5.41) is 8.36. The molecule has 0 bridgehead atoms. The summed E-state index contributed by atoms with van der Waals surface area (Å²) in [6.07, 6.45) is -1.10. The van der Waals surface area contributed by atoms with E-state index in [2.05, 4.69) is 13.4 Å². The molecule has 2 radical (unpaired) electrons. The molecule has 2 atom stereocenters. The number of hydrogen-bond donors (Lipinski definition) is 1. The molecule has 1 N–H and O–H groups in total. The zero-order valence-corrected chi connectivity index (χ0v) is 9.37. The van der Waals surface area contributed by atoms with Crippen molar-refractivity contribution in [3.8, 4) is 0 Å². The molecule has 0 saturated carbocycles. The Labute approximate surface area is 94.1 Å². The van der Waals surface area contributed by atoms with E-state index in [1.807, 2.05) is 0 Å². The normalized spacial score (nSPS) is 31.2. The van der Waals surface area contributed by atoms with E-state index in [0.29, 0.717) is 0 Å². The van der Waals surface area contributed by atoms with Crippen LogP contribution >= 0.6 is 16.5 Å². The molecule has 58 valence electrons. The monoisotopic (exact) mass is 226 g/mol. The molecule has 0 aromatic heterocycles. The van der Waals surface area contributed by atoms with E-state index in [1.165, 1.54) is 0 Å². The topological polar surface area (TPSA) is 82.1 Å². The fourth-order valence-corrected chi connectivity index (χ4v) is 1.79. The summed E-state index contributed by atoms with van der Waals surface area (Å²) in [7, 11) is -4.79. The van der Waals surface area contributed by atoms with E-state index < -0.39 is 29.4 Å². The minimum atomic E-state index is -2.39. The minimum absolute atomic E-state index is 0. The van der Waals surface area contributed by atoms with Gasteiger partial charge in [-0.1, -0.05) is 9.05 Å². The van der Waals surface area contributed by atoms with Crippen LogP contribution in [0.1, 0.15) is 0 Å². The van der Waals surface area contributed by atoms with Gasteiger partial charge in [-0.05, 0) is 0 Å². The largest absolute Gasteiger partial charge is 0.750 e. The second kappa shape index (κ2) is 5.86. The van der Waals surface area contributed by atoms with E-state index in [9.17, 15) is 9.13 Å². The predicted octanol–water partition coefficient (Wildman–Crippen LogP) is 0.302.